The number of benzene rings is 1. The van der Waals surface area contributed by atoms with Crippen LogP contribution in [0.25, 0.3) is 0 Å². The predicted molar refractivity (Wildman–Crippen MR) is 63.7 cm³/mol. The second kappa shape index (κ2) is 5.60. The van der Waals surface area contributed by atoms with Gasteiger partial charge >= 0.3 is 0 Å². The molecule has 0 aliphatic carbocycles. The fourth-order valence-corrected chi connectivity index (χ4v) is 1.49. The third-order valence-corrected chi connectivity index (χ3v) is 2.46. The molecule has 17 heavy (non-hydrogen) atoms. The molecule has 0 unspecified atom stereocenters. The molecule has 0 fully saturated rings. The number of rotatable bonds is 5. The van der Waals surface area contributed by atoms with Crippen LogP contribution in [0.15, 0.2) is 24.3 Å². The van der Waals surface area contributed by atoms with Gasteiger partial charge in [-0.3, -0.25) is 0 Å². The van der Waals surface area contributed by atoms with Crippen LogP contribution in [0.4, 0.5) is 5.95 Å². The largest absolute Gasteiger partial charge is 0.394 e. The van der Waals surface area contributed by atoms with Gasteiger partial charge in [-0.15, -0.1) is 0 Å². The van der Waals surface area contributed by atoms with Crippen molar-refractivity contribution in [1.29, 1.82) is 0 Å². The Morgan fingerprint density at radius 3 is 2.76 bits per heavy atom. The number of tetrazole rings is 1. The van der Waals surface area contributed by atoms with Gasteiger partial charge in [0.2, 0.25) is 5.95 Å². The van der Waals surface area contributed by atoms with Crippen LogP contribution in [0.3, 0.4) is 0 Å². The highest BCUT2D eigenvalue weighted by atomic mass is 35.5. The number of nitrogens with one attached hydrogen (secondary N) is 1. The monoisotopic (exact) mass is 253 g/mol. The molecule has 90 valence electrons. The lowest BCUT2D eigenvalue weighted by Crippen LogP contribution is -2.10. The van der Waals surface area contributed by atoms with Crippen LogP contribution in [0.2, 0.25) is 5.02 Å². The van der Waals surface area contributed by atoms with E-state index in [1.807, 2.05) is 24.3 Å². The van der Waals surface area contributed by atoms with Crippen molar-refractivity contribution in [1.82, 2.24) is 20.2 Å². The topological polar surface area (TPSA) is 75.9 Å². The first kappa shape index (κ1) is 11.8. The fraction of sp³-hybridized carbons (Fsp3) is 0.300. The average Bonchev–Trinajstić information content (AvgIpc) is 2.77. The molecular weight excluding hydrogens is 242 g/mol. The standard InChI is InChI=1S/C10H12ClN5O/c11-9-3-1-8(2-4-9)7-12-10-13-14-15-16(10)5-6-17/h1-4,17H,5-7H2,(H,12,13,15). The first-order chi connectivity index (χ1) is 8.29. The van der Waals surface area contributed by atoms with Crippen LogP contribution >= 0.6 is 11.6 Å². The quantitative estimate of drug-likeness (QED) is 0.829. The Bertz CT molecular complexity index is 470. The number of hydrogen-bond donors (Lipinski definition) is 2. The Balaban J connectivity index is 1.97. The first-order valence-corrected chi connectivity index (χ1v) is 5.53. The molecule has 0 radical (unpaired) electrons. The smallest absolute Gasteiger partial charge is 0.243 e. The van der Waals surface area contributed by atoms with Crippen molar-refractivity contribution >= 4 is 17.5 Å². The summed E-state index contributed by atoms with van der Waals surface area (Å²) >= 11 is 5.79. The Kier molecular flexibility index (Phi) is 3.89. The van der Waals surface area contributed by atoms with Crippen LogP contribution in [-0.4, -0.2) is 31.9 Å². The highest BCUT2D eigenvalue weighted by Crippen LogP contribution is 2.10. The van der Waals surface area contributed by atoms with Crippen LogP contribution in [0, 0.1) is 0 Å². The summed E-state index contributed by atoms with van der Waals surface area (Å²) in [5.41, 5.74) is 1.08. The number of halogens is 1. The summed E-state index contributed by atoms with van der Waals surface area (Å²) in [6.07, 6.45) is 0. The molecule has 0 bridgehead atoms. The van der Waals surface area contributed by atoms with Crippen LogP contribution in [0.5, 0.6) is 0 Å². The lowest BCUT2D eigenvalue weighted by atomic mass is 10.2. The summed E-state index contributed by atoms with van der Waals surface area (Å²) in [7, 11) is 0. The van der Waals surface area contributed by atoms with E-state index in [9.17, 15) is 0 Å². The number of hydrogen-bond acceptors (Lipinski definition) is 5. The van der Waals surface area contributed by atoms with Crippen molar-refractivity contribution in [3.8, 4) is 0 Å². The van der Waals surface area contributed by atoms with E-state index in [1.165, 1.54) is 4.68 Å². The summed E-state index contributed by atoms with van der Waals surface area (Å²) in [6, 6.07) is 7.51. The Morgan fingerprint density at radius 2 is 2.06 bits per heavy atom. The second-order valence-electron chi connectivity index (χ2n) is 3.43. The van der Waals surface area contributed by atoms with Gasteiger partial charge in [0, 0.05) is 11.6 Å². The van der Waals surface area contributed by atoms with Crippen molar-refractivity contribution in [3.63, 3.8) is 0 Å². The molecule has 1 aromatic heterocycles. The molecule has 2 rings (SSSR count). The van der Waals surface area contributed by atoms with Gasteiger partial charge < -0.3 is 10.4 Å². The minimum atomic E-state index is 0.000660. The third-order valence-electron chi connectivity index (χ3n) is 2.21. The minimum absolute atomic E-state index is 0.000660. The molecule has 0 aliphatic rings. The first-order valence-electron chi connectivity index (χ1n) is 5.15. The molecule has 0 spiro atoms. The molecule has 7 heteroatoms. The normalized spacial score (nSPS) is 10.5. The molecule has 2 aromatic rings. The lowest BCUT2D eigenvalue weighted by Gasteiger charge is -2.05. The Morgan fingerprint density at radius 1 is 1.29 bits per heavy atom. The van der Waals surface area contributed by atoms with Gasteiger partial charge in [0.15, 0.2) is 0 Å². The molecule has 0 saturated heterocycles. The SMILES string of the molecule is OCCn1nnnc1NCc1ccc(Cl)cc1. The molecule has 0 saturated carbocycles. The minimum Gasteiger partial charge on any atom is -0.394 e. The van der Waals surface area contributed by atoms with E-state index in [4.69, 9.17) is 16.7 Å². The summed E-state index contributed by atoms with van der Waals surface area (Å²) in [5.74, 6) is 0.536. The lowest BCUT2D eigenvalue weighted by molar-refractivity contribution is 0.269. The maximum Gasteiger partial charge on any atom is 0.243 e. The van der Waals surface area contributed by atoms with E-state index < -0.39 is 0 Å². The van der Waals surface area contributed by atoms with Crippen LogP contribution in [0.1, 0.15) is 5.56 Å². The zero-order chi connectivity index (χ0) is 12.1. The average molecular weight is 254 g/mol. The molecule has 0 atom stereocenters. The molecule has 1 heterocycles. The predicted octanol–water partition coefficient (Wildman–Crippen LogP) is 0.931. The van der Waals surface area contributed by atoms with Gasteiger partial charge in [0.25, 0.3) is 0 Å². The van der Waals surface area contributed by atoms with Crippen molar-refractivity contribution in [2.45, 2.75) is 13.1 Å². The summed E-state index contributed by atoms with van der Waals surface area (Å²) in [6.45, 7) is 0.972. The number of aliphatic hydroxyl groups excluding tert-OH is 1. The highest BCUT2D eigenvalue weighted by Gasteiger charge is 2.04. The van der Waals surface area contributed by atoms with Gasteiger partial charge in [-0.1, -0.05) is 28.8 Å². The molecule has 0 aliphatic heterocycles. The number of nitrogens with zero attached hydrogens (tertiary/aromatic N) is 4. The number of aromatic nitrogens is 4. The summed E-state index contributed by atoms with van der Waals surface area (Å²) in [4.78, 5) is 0. The van der Waals surface area contributed by atoms with Crippen LogP contribution < -0.4 is 5.32 Å². The van der Waals surface area contributed by atoms with Gasteiger partial charge in [-0.05, 0) is 28.1 Å². The van der Waals surface area contributed by atoms with Gasteiger partial charge in [0.1, 0.15) is 0 Å². The molecule has 1 aromatic carbocycles. The maximum absolute atomic E-state index is 8.82. The number of anilines is 1. The number of aliphatic hydroxyl groups is 1. The van der Waals surface area contributed by atoms with Crippen molar-refractivity contribution in [2.75, 3.05) is 11.9 Å². The summed E-state index contributed by atoms with van der Waals surface area (Å²) < 4.78 is 1.51. The van der Waals surface area contributed by atoms with Crippen molar-refractivity contribution in [3.05, 3.63) is 34.9 Å². The fourth-order valence-electron chi connectivity index (χ4n) is 1.36. The van der Waals surface area contributed by atoms with Gasteiger partial charge in [-0.25, -0.2) is 4.68 Å². The van der Waals surface area contributed by atoms with Crippen molar-refractivity contribution in [2.24, 2.45) is 0 Å². The molecule has 6 nitrogen and oxygen atoms in total. The van der Waals surface area contributed by atoms with E-state index in [0.717, 1.165) is 5.56 Å². The summed E-state index contributed by atoms with van der Waals surface area (Å²) in [5, 5.41) is 23.7. The van der Waals surface area contributed by atoms with E-state index in [1.54, 1.807) is 0 Å². The highest BCUT2D eigenvalue weighted by molar-refractivity contribution is 6.30. The second-order valence-corrected chi connectivity index (χ2v) is 3.87. The van der Waals surface area contributed by atoms with Crippen molar-refractivity contribution < 1.29 is 5.11 Å². The Labute approximate surface area is 103 Å². The van der Waals surface area contributed by atoms with Gasteiger partial charge in [0.05, 0.1) is 13.2 Å². The molecular formula is C10H12ClN5O. The Hall–Kier alpha value is -1.66. The molecule has 2 N–H and O–H groups in total. The zero-order valence-corrected chi connectivity index (χ0v) is 9.80. The van der Waals surface area contributed by atoms with E-state index in [-0.39, 0.29) is 6.61 Å². The van der Waals surface area contributed by atoms with E-state index in [2.05, 4.69) is 20.8 Å². The van der Waals surface area contributed by atoms with E-state index >= 15 is 0 Å². The van der Waals surface area contributed by atoms with Crippen LogP contribution in [-0.2, 0) is 13.1 Å². The van der Waals surface area contributed by atoms with Gasteiger partial charge in [-0.2, -0.15) is 0 Å². The zero-order valence-electron chi connectivity index (χ0n) is 9.04. The maximum atomic E-state index is 8.82. The molecule has 0 amide bonds. The third kappa shape index (κ3) is 3.15. The van der Waals surface area contributed by atoms with E-state index in [0.29, 0.717) is 24.1 Å².